The van der Waals surface area contributed by atoms with Crippen molar-refractivity contribution in [2.45, 2.75) is 64.3 Å². The lowest BCUT2D eigenvalue weighted by Crippen LogP contribution is -2.22. The Labute approximate surface area is 171 Å². The van der Waals surface area contributed by atoms with E-state index in [1.807, 2.05) is 6.07 Å². The van der Waals surface area contributed by atoms with E-state index in [4.69, 9.17) is 9.40 Å². The van der Waals surface area contributed by atoms with Gasteiger partial charge < -0.3 is 14.7 Å². The van der Waals surface area contributed by atoms with Crippen LogP contribution in [0.3, 0.4) is 0 Å². The number of nitrogens with one attached hydrogen (secondary N) is 2. The van der Waals surface area contributed by atoms with Crippen LogP contribution in [0.25, 0.3) is 33.1 Å². The number of aromatic amines is 1. The number of fused-ring (bicyclic) bond motifs is 2. The molecular formula is C25H29N3O. The lowest BCUT2D eigenvalue weighted by atomic mass is 9.96. The predicted molar refractivity (Wildman–Crippen MR) is 121 cm³/mol. The van der Waals surface area contributed by atoms with Crippen LogP contribution in [0.1, 0.15) is 64.0 Å². The molecule has 0 saturated heterocycles. The molecule has 4 aromatic rings. The zero-order chi connectivity index (χ0) is 19.8. The van der Waals surface area contributed by atoms with Crippen LogP contribution in [0, 0.1) is 0 Å². The maximum atomic E-state index is 5.95. The lowest BCUT2D eigenvalue weighted by Gasteiger charge is -2.21. The minimum Gasteiger partial charge on any atom is -0.424 e. The van der Waals surface area contributed by atoms with Crippen LogP contribution in [0.4, 0.5) is 6.01 Å². The van der Waals surface area contributed by atoms with E-state index in [1.165, 1.54) is 59.8 Å². The number of hydrogen-bond donors (Lipinski definition) is 2. The number of anilines is 1. The quantitative estimate of drug-likeness (QED) is 0.379. The summed E-state index contributed by atoms with van der Waals surface area (Å²) in [4.78, 5) is 8.27. The molecule has 2 aromatic carbocycles. The average molecular weight is 388 g/mol. The van der Waals surface area contributed by atoms with E-state index in [0.29, 0.717) is 18.0 Å². The molecule has 0 spiro atoms. The third kappa shape index (κ3) is 3.64. The normalized spacial score (nSPS) is 16.5. The molecule has 5 rings (SSSR count). The predicted octanol–water partition coefficient (Wildman–Crippen LogP) is 7.23. The molecule has 2 N–H and O–H groups in total. The number of nitrogens with zero attached hydrogens (tertiary/aromatic N) is 1. The second kappa shape index (κ2) is 7.58. The van der Waals surface area contributed by atoms with Crippen LogP contribution in [0.5, 0.6) is 0 Å². The van der Waals surface area contributed by atoms with E-state index in [1.54, 1.807) is 0 Å². The minimum absolute atomic E-state index is 0.493. The third-order valence-electron chi connectivity index (χ3n) is 6.44. The first-order chi connectivity index (χ1) is 14.2. The molecule has 1 fully saturated rings. The highest BCUT2D eigenvalue weighted by atomic mass is 16.4. The summed E-state index contributed by atoms with van der Waals surface area (Å²) in [5, 5.41) is 4.75. The highest BCUT2D eigenvalue weighted by Crippen LogP contribution is 2.31. The molecule has 1 aliphatic rings. The molecule has 2 aromatic heterocycles. The van der Waals surface area contributed by atoms with Crippen LogP contribution in [0.15, 0.2) is 46.9 Å². The standard InChI is InChI=1S/C25H29N3O/c1-3-16(2)22-15-19-13-17(9-11-21(19)27-22)18-10-12-24-23(14-18)28-25(29-24)26-20-7-5-4-6-8-20/h9-16,20,27H,3-8H2,1-2H3,(H,26,28). The maximum absolute atomic E-state index is 5.95. The Morgan fingerprint density at radius 1 is 1.07 bits per heavy atom. The fraction of sp³-hybridized carbons (Fsp3) is 0.400. The van der Waals surface area contributed by atoms with E-state index in [2.05, 4.69) is 60.5 Å². The summed E-state index contributed by atoms with van der Waals surface area (Å²) in [6, 6.07) is 16.4. The molecule has 1 aliphatic carbocycles. The van der Waals surface area contributed by atoms with Gasteiger partial charge in [0.15, 0.2) is 5.58 Å². The lowest BCUT2D eigenvalue weighted by molar-refractivity contribution is 0.451. The van der Waals surface area contributed by atoms with Gasteiger partial charge in [0.05, 0.1) is 0 Å². The van der Waals surface area contributed by atoms with Crippen LogP contribution < -0.4 is 5.32 Å². The van der Waals surface area contributed by atoms with Gasteiger partial charge in [-0.15, -0.1) is 0 Å². The zero-order valence-corrected chi connectivity index (χ0v) is 17.3. The molecule has 4 heteroatoms. The Bertz CT molecular complexity index is 1130. The van der Waals surface area contributed by atoms with Crippen molar-refractivity contribution in [3.05, 3.63) is 48.2 Å². The minimum atomic E-state index is 0.493. The van der Waals surface area contributed by atoms with E-state index in [9.17, 15) is 0 Å². The monoisotopic (exact) mass is 387 g/mol. The summed E-state index contributed by atoms with van der Waals surface area (Å²) in [5.74, 6) is 0.549. The Hall–Kier alpha value is -2.75. The molecule has 0 amide bonds. The summed E-state index contributed by atoms with van der Waals surface area (Å²) in [5.41, 5.74) is 6.64. The van der Waals surface area contributed by atoms with Gasteiger partial charge in [-0.05, 0) is 66.6 Å². The summed E-state index contributed by atoms with van der Waals surface area (Å²) >= 11 is 0. The Morgan fingerprint density at radius 3 is 2.69 bits per heavy atom. The number of rotatable bonds is 5. The van der Waals surface area contributed by atoms with Crippen molar-refractivity contribution in [3.8, 4) is 11.1 Å². The number of oxazole rings is 1. The average Bonchev–Trinajstić information content (AvgIpc) is 3.36. The summed E-state index contributed by atoms with van der Waals surface area (Å²) in [6.45, 7) is 4.50. The molecule has 29 heavy (non-hydrogen) atoms. The van der Waals surface area contributed by atoms with Crippen molar-refractivity contribution < 1.29 is 4.42 Å². The summed E-state index contributed by atoms with van der Waals surface area (Å²) < 4.78 is 5.95. The summed E-state index contributed by atoms with van der Waals surface area (Å²) in [6.07, 6.45) is 7.49. The van der Waals surface area contributed by atoms with Gasteiger partial charge in [-0.25, -0.2) is 0 Å². The van der Waals surface area contributed by atoms with Crippen LogP contribution >= 0.6 is 0 Å². The molecule has 4 nitrogen and oxygen atoms in total. The van der Waals surface area contributed by atoms with Crippen molar-refractivity contribution in [2.24, 2.45) is 0 Å². The fourth-order valence-corrected chi connectivity index (χ4v) is 4.41. The molecule has 0 radical (unpaired) electrons. The number of benzene rings is 2. The second-order valence-electron chi connectivity index (χ2n) is 8.52. The molecule has 0 bridgehead atoms. The van der Waals surface area contributed by atoms with Crippen LogP contribution in [-0.4, -0.2) is 16.0 Å². The first-order valence-electron chi connectivity index (χ1n) is 11.0. The van der Waals surface area contributed by atoms with E-state index in [-0.39, 0.29) is 0 Å². The van der Waals surface area contributed by atoms with Gasteiger partial charge in [-0.2, -0.15) is 4.98 Å². The second-order valence-corrected chi connectivity index (χ2v) is 8.52. The van der Waals surface area contributed by atoms with Gasteiger partial charge in [0.2, 0.25) is 0 Å². The van der Waals surface area contributed by atoms with Crippen molar-refractivity contribution in [1.82, 2.24) is 9.97 Å². The van der Waals surface area contributed by atoms with Crippen molar-refractivity contribution >= 4 is 28.0 Å². The van der Waals surface area contributed by atoms with Gasteiger partial charge in [-0.1, -0.05) is 45.2 Å². The molecular weight excluding hydrogens is 358 g/mol. The van der Waals surface area contributed by atoms with Crippen molar-refractivity contribution in [3.63, 3.8) is 0 Å². The van der Waals surface area contributed by atoms with E-state index in [0.717, 1.165) is 17.5 Å². The third-order valence-corrected chi connectivity index (χ3v) is 6.44. The first kappa shape index (κ1) is 18.3. The molecule has 1 unspecified atom stereocenters. The van der Waals surface area contributed by atoms with Gasteiger partial charge in [0.1, 0.15) is 5.52 Å². The van der Waals surface area contributed by atoms with E-state index >= 15 is 0 Å². The van der Waals surface area contributed by atoms with Crippen molar-refractivity contribution in [2.75, 3.05) is 5.32 Å². The molecule has 150 valence electrons. The maximum Gasteiger partial charge on any atom is 0.295 e. The summed E-state index contributed by atoms with van der Waals surface area (Å²) in [7, 11) is 0. The molecule has 1 saturated carbocycles. The molecule has 2 heterocycles. The zero-order valence-electron chi connectivity index (χ0n) is 17.3. The largest absolute Gasteiger partial charge is 0.424 e. The Balaban J connectivity index is 1.43. The van der Waals surface area contributed by atoms with Gasteiger partial charge in [0.25, 0.3) is 6.01 Å². The number of H-pyrrole nitrogens is 1. The SMILES string of the molecule is CCC(C)c1cc2cc(-c3ccc4oc(NC5CCCCC5)nc4c3)ccc2[nH]1. The Kier molecular flexibility index (Phi) is 4.78. The van der Waals surface area contributed by atoms with Gasteiger partial charge in [0, 0.05) is 22.6 Å². The Morgan fingerprint density at radius 2 is 1.86 bits per heavy atom. The van der Waals surface area contributed by atoms with Gasteiger partial charge in [-0.3, -0.25) is 0 Å². The number of hydrogen-bond acceptors (Lipinski definition) is 3. The molecule has 1 atom stereocenters. The highest BCUT2D eigenvalue weighted by Gasteiger charge is 2.16. The van der Waals surface area contributed by atoms with Crippen molar-refractivity contribution in [1.29, 1.82) is 0 Å². The smallest absolute Gasteiger partial charge is 0.295 e. The van der Waals surface area contributed by atoms with Crippen LogP contribution in [0.2, 0.25) is 0 Å². The first-order valence-corrected chi connectivity index (χ1v) is 11.0. The van der Waals surface area contributed by atoms with E-state index < -0.39 is 0 Å². The fourth-order valence-electron chi connectivity index (χ4n) is 4.41. The number of aromatic nitrogens is 2. The van der Waals surface area contributed by atoms with Gasteiger partial charge >= 0.3 is 0 Å². The van der Waals surface area contributed by atoms with Crippen LogP contribution in [-0.2, 0) is 0 Å². The highest BCUT2D eigenvalue weighted by molar-refractivity contribution is 5.88. The topological polar surface area (TPSA) is 53.9 Å². The molecule has 0 aliphatic heterocycles.